The largest absolute Gasteiger partial charge is 0.508 e. The first-order chi connectivity index (χ1) is 15.5. The van der Waals surface area contributed by atoms with Crippen LogP contribution in [0.3, 0.4) is 0 Å². The summed E-state index contributed by atoms with van der Waals surface area (Å²) in [5.41, 5.74) is 1.58. The second-order valence-corrected chi connectivity index (χ2v) is 7.50. The number of amides is 1. The summed E-state index contributed by atoms with van der Waals surface area (Å²) < 4.78 is 5.48. The van der Waals surface area contributed by atoms with Crippen LogP contribution in [0.2, 0.25) is 0 Å². The zero-order valence-electron chi connectivity index (χ0n) is 17.5. The molecule has 1 aliphatic rings. The van der Waals surface area contributed by atoms with Gasteiger partial charge in [0.25, 0.3) is 5.91 Å². The van der Waals surface area contributed by atoms with Crippen LogP contribution in [0.1, 0.15) is 34.5 Å². The SMILES string of the molecule is CCOc1cccc(C(=O)C2C(=O)C(=O)N(Cc3ccncc3)C2c2cccc(O)c2)c1. The molecule has 1 aromatic heterocycles. The van der Waals surface area contributed by atoms with Crippen LogP contribution in [-0.4, -0.2) is 39.1 Å². The predicted octanol–water partition coefficient (Wildman–Crippen LogP) is 3.34. The molecule has 0 bridgehead atoms. The lowest BCUT2D eigenvalue weighted by Gasteiger charge is -2.27. The van der Waals surface area contributed by atoms with Gasteiger partial charge < -0.3 is 14.7 Å². The lowest BCUT2D eigenvalue weighted by Crippen LogP contribution is -2.30. The summed E-state index contributed by atoms with van der Waals surface area (Å²) in [4.78, 5) is 45.0. The van der Waals surface area contributed by atoms with Crippen LogP contribution in [-0.2, 0) is 16.1 Å². The molecule has 2 unspecified atom stereocenters. The fourth-order valence-electron chi connectivity index (χ4n) is 4.01. The smallest absolute Gasteiger partial charge is 0.291 e. The minimum absolute atomic E-state index is 0.0114. The number of likely N-dealkylation sites (tertiary alicyclic amines) is 1. The fraction of sp³-hybridized carbons (Fsp3) is 0.200. The number of phenols is 1. The summed E-state index contributed by atoms with van der Waals surface area (Å²) in [5.74, 6) is -2.69. The molecule has 3 aromatic rings. The maximum atomic E-state index is 13.5. The lowest BCUT2D eigenvalue weighted by atomic mass is 9.86. The number of phenolic OH excluding ortho intramolecular Hbond substituents is 1. The number of ketones is 2. The molecule has 4 rings (SSSR count). The van der Waals surface area contributed by atoms with Crippen molar-refractivity contribution in [3.8, 4) is 11.5 Å². The molecule has 1 N–H and O–H groups in total. The van der Waals surface area contributed by atoms with Gasteiger partial charge in [-0.05, 0) is 54.4 Å². The number of nitrogens with zero attached hydrogens (tertiary/aromatic N) is 2. The maximum absolute atomic E-state index is 13.5. The van der Waals surface area contributed by atoms with Gasteiger partial charge in [0, 0.05) is 24.5 Å². The molecular weight excluding hydrogens is 408 g/mol. The Morgan fingerprint density at radius 1 is 1.06 bits per heavy atom. The monoisotopic (exact) mass is 430 g/mol. The van der Waals surface area contributed by atoms with E-state index in [2.05, 4.69) is 4.98 Å². The van der Waals surface area contributed by atoms with Crippen LogP contribution in [0, 0.1) is 5.92 Å². The summed E-state index contributed by atoms with van der Waals surface area (Å²) in [7, 11) is 0. The third-order valence-electron chi connectivity index (χ3n) is 5.43. The van der Waals surface area contributed by atoms with Crippen LogP contribution >= 0.6 is 0 Å². The predicted molar refractivity (Wildman–Crippen MR) is 116 cm³/mol. The van der Waals surface area contributed by atoms with Gasteiger partial charge in [-0.2, -0.15) is 0 Å². The number of aromatic hydroxyl groups is 1. The van der Waals surface area contributed by atoms with E-state index in [1.807, 2.05) is 6.92 Å². The molecule has 0 spiro atoms. The van der Waals surface area contributed by atoms with Gasteiger partial charge in [-0.3, -0.25) is 19.4 Å². The van der Waals surface area contributed by atoms with Crippen molar-refractivity contribution < 1.29 is 24.2 Å². The molecule has 2 heterocycles. The average molecular weight is 430 g/mol. The van der Waals surface area contributed by atoms with Crippen molar-refractivity contribution in [1.82, 2.24) is 9.88 Å². The summed E-state index contributed by atoms with van der Waals surface area (Å²) >= 11 is 0. The van der Waals surface area contributed by atoms with E-state index in [9.17, 15) is 19.5 Å². The molecule has 1 saturated heterocycles. The minimum Gasteiger partial charge on any atom is -0.508 e. The minimum atomic E-state index is -1.23. The highest BCUT2D eigenvalue weighted by Gasteiger charge is 2.51. The molecule has 2 atom stereocenters. The Hall–Kier alpha value is -4.00. The van der Waals surface area contributed by atoms with Crippen molar-refractivity contribution in [2.45, 2.75) is 19.5 Å². The molecule has 7 nitrogen and oxygen atoms in total. The molecule has 1 aliphatic heterocycles. The number of benzene rings is 2. The summed E-state index contributed by atoms with van der Waals surface area (Å²) in [6, 6.07) is 15.5. The number of Topliss-reactive ketones (excluding diaryl/α,β-unsaturated/α-hetero) is 2. The van der Waals surface area contributed by atoms with E-state index in [0.717, 1.165) is 5.56 Å². The number of hydrogen-bond acceptors (Lipinski definition) is 6. The standard InChI is InChI=1S/C25H22N2O5/c1-2-32-20-8-4-6-18(14-20)23(29)21-22(17-5-3-7-19(28)13-17)27(25(31)24(21)30)15-16-9-11-26-12-10-16/h3-14,21-22,28H,2,15H2,1H3. The molecule has 1 fully saturated rings. The van der Waals surface area contributed by atoms with E-state index < -0.39 is 29.4 Å². The van der Waals surface area contributed by atoms with Crippen LogP contribution in [0.5, 0.6) is 11.5 Å². The molecule has 0 saturated carbocycles. The first kappa shape index (κ1) is 21.2. The molecule has 0 aliphatic carbocycles. The Morgan fingerprint density at radius 2 is 1.81 bits per heavy atom. The van der Waals surface area contributed by atoms with Gasteiger partial charge in [0.05, 0.1) is 12.6 Å². The Bertz CT molecular complexity index is 1160. The molecule has 0 radical (unpaired) electrons. The zero-order valence-corrected chi connectivity index (χ0v) is 17.5. The first-order valence-corrected chi connectivity index (χ1v) is 10.3. The third-order valence-corrected chi connectivity index (χ3v) is 5.43. The summed E-state index contributed by atoms with van der Waals surface area (Å²) in [6.45, 7) is 2.41. The molecule has 7 heteroatoms. The summed E-state index contributed by atoms with van der Waals surface area (Å²) in [5, 5.41) is 10.0. The Kier molecular flexibility index (Phi) is 5.98. The molecule has 2 aromatic carbocycles. The molecular formula is C25H22N2O5. The average Bonchev–Trinajstić information content (AvgIpc) is 3.05. The molecule has 1 amide bonds. The van der Waals surface area contributed by atoms with Crippen LogP contribution in [0.4, 0.5) is 0 Å². The normalized spacial score (nSPS) is 18.1. The quantitative estimate of drug-likeness (QED) is 0.351. The Labute approximate surface area is 185 Å². The highest BCUT2D eigenvalue weighted by molar-refractivity contribution is 6.44. The molecule has 32 heavy (non-hydrogen) atoms. The topological polar surface area (TPSA) is 96.8 Å². The number of hydrogen-bond donors (Lipinski definition) is 1. The second-order valence-electron chi connectivity index (χ2n) is 7.50. The number of ether oxygens (including phenoxy) is 1. The van der Waals surface area contributed by atoms with E-state index in [-0.39, 0.29) is 17.9 Å². The number of carbonyl (C=O) groups is 3. The van der Waals surface area contributed by atoms with Crippen LogP contribution < -0.4 is 4.74 Å². The van der Waals surface area contributed by atoms with E-state index in [1.165, 1.54) is 17.0 Å². The van der Waals surface area contributed by atoms with E-state index in [1.54, 1.807) is 60.9 Å². The van der Waals surface area contributed by atoms with Gasteiger partial charge in [-0.15, -0.1) is 0 Å². The van der Waals surface area contributed by atoms with E-state index in [0.29, 0.717) is 17.9 Å². The van der Waals surface area contributed by atoms with Gasteiger partial charge >= 0.3 is 0 Å². The highest BCUT2D eigenvalue weighted by atomic mass is 16.5. The first-order valence-electron chi connectivity index (χ1n) is 10.3. The van der Waals surface area contributed by atoms with Gasteiger partial charge in [0.1, 0.15) is 17.4 Å². The number of aromatic nitrogens is 1. The Morgan fingerprint density at radius 3 is 2.53 bits per heavy atom. The number of carbonyl (C=O) groups excluding carboxylic acids is 3. The van der Waals surface area contributed by atoms with Crippen molar-refractivity contribution >= 4 is 17.5 Å². The summed E-state index contributed by atoms with van der Waals surface area (Å²) in [6.07, 6.45) is 3.20. The molecule has 162 valence electrons. The number of rotatable bonds is 7. The maximum Gasteiger partial charge on any atom is 0.291 e. The van der Waals surface area contributed by atoms with Crippen molar-refractivity contribution in [2.75, 3.05) is 6.61 Å². The van der Waals surface area contributed by atoms with Gasteiger partial charge in [-0.25, -0.2) is 0 Å². The Balaban J connectivity index is 1.77. The van der Waals surface area contributed by atoms with Crippen molar-refractivity contribution in [2.24, 2.45) is 5.92 Å². The van der Waals surface area contributed by atoms with Crippen molar-refractivity contribution in [3.63, 3.8) is 0 Å². The van der Waals surface area contributed by atoms with Crippen molar-refractivity contribution in [1.29, 1.82) is 0 Å². The lowest BCUT2D eigenvalue weighted by molar-refractivity contribution is -0.141. The zero-order chi connectivity index (χ0) is 22.7. The van der Waals surface area contributed by atoms with E-state index in [4.69, 9.17) is 4.74 Å². The third kappa shape index (κ3) is 4.09. The number of pyridine rings is 1. The van der Waals surface area contributed by atoms with Gasteiger partial charge in [0.15, 0.2) is 5.78 Å². The second kappa shape index (κ2) is 9.01. The van der Waals surface area contributed by atoms with Crippen molar-refractivity contribution in [3.05, 3.63) is 89.7 Å². The van der Waals surface area contributed by atoms with Crippen LogP contribution in [0.25, 0.3) is 0 Å². The highest BCUT2D eigenvalue weighted by Crippen LogP contribution is 2.40. The van der Waals surface area contributed by atoms with E-state index >= 15 is 0 Å². The fourth-order valence-corrected chi connectivity index (χ4v) is 4.01. The van der Waals surface area contributed by atoms with Gasteiger partial charge in [-0.1, -0.05) is 24.3 Å². The van der Waals surface area contributed by atoms with Crippen LogP contribution in [0.15, 0.2) is 73.1 Å². The van der Waals surface area contributed by atoms with Gasteiger partial charge in [0.2, 0.25) is 5.78 Å².